The van der Waals surface area contributed by atoms with E-state index in [-0.39, 0.29) is 6.54 Å². The van der Waals surface area contributed by atoms with Gasteiger partial charge >= 0.3 is 11.8 Å². The molecule has 3 N–H and O–H groups in total. The van der Waals surface area contributed by atoms with Gasteiger partial charge in [0.05, 0.1) is 6.07 Å². The second-order valence-corrected chi connectivity index (χ2v) is 3.13. The molecule has 0 atom stereocenters. The number of hydrogen-bond donors (Lipinski definition) is 3. The lowest BCUT2D eigenvalue weighted by molar-refractivity contribution is -0.139. The fraction of sp³-hybridized carbons (Fsp3) is 0.444. The summed E-state index contributed by atoms with van der Waals surface area (Å²) < 4.78 is 0. The van der Waals surface area contributed by atoms with Gasteiger partial charge in [-0.2, -0.15) is 10.4 Å². The first kappa shape index (κ1) is 12.6. The Labute approximate surface area is 97.4 Å². The Kier molecular flexibility index (Phi) is 5.16. The molecule has 1 heterocycles. The minimum atomic E-state index is -0.800. The standard InChI is InChI=1S/C9H12N6O2/c10-3-5-12-9(17)8(16)11-4-1-2-7-13-6-14-15-7/h6H,1-2,4-5H2,(H,11,16)(H,12,17)(H,13,14,15). The summed E-state index contributed by atoms with van der Waals surface area (Å²) in [4.78, 5) is 26.1. The molecule has 0 unspecified atom stereocenters. The van der Waals surface area contributed by atoms with Gasteiger partial charge in [-0.3, -0.25) is 14.7 Å². The quantitative estimate of drug-likeness (QED) is 0.326. The van der Waals surface area contributed by atoms with E-state index in [2.05, 4.69) is 25.8 Å². The van der Waals surface area contributed by atoms with Crippen LogP contribution in [-0.2, 0) is 16.0 Å². The van der Waals surface area contributed by atoms with E-state index in [9.17, 15) is 9.59 Å². The third-order valence-corrected chi connectivity index (χ3v) is 1.88. The van der Waals surface area contributed by atoms with Gasteiger partial charge in [-0.1, -0.05) is 0 Å². The largest absolute Gasteiger partial charge is 0.348 e. The van der Waals surface area contributed by atoms with Gasteiger partial charge in [-0.05, 0) is 6.42 Å². The van der Waals surface area contributed by atoms with E-state index in [1.54, 1.807) is 6.07 Å². The predicted octanol–water partition coefficient (Wildman–Crippen LogP) is -1.51. The number of rotatable bonds is 5. The second kappa shape index (κ2) is 6.95. The van der Waals surface area contributed by atoms with Crippen molar-refractivity contribution in [3.8, 4) is 6.07 Å². The molecule has 0 radical (unpaired) electrons. The van der Waals surface area contributed by atoms with Crippen molar-refractivity contribution in [3.63, 3.8) is 0 Å². The summed E-state index contributed by atoms with van der Waals surface area (Å²) >= 11 is 0. The van der Waals surface area contributed by atoms with Gasteiger partial charge in [0.2, 0.25) is 0 Å². The first-order chi connectivity index (χ1) is 8.24. The molecule has 0 aliphatic carbocycles. The fourth-order valence-corrected chi connectivity index (χ4v) is 1.09. The molecule has 0 aromatic carbocycles. The molecule has 2 amide bonds. The normalized spacial score (nSPS) is 9.35. The van der Waals surface area contributed by atoms with E-state index in [0.717, 1.165) is 5.82 Å². The summed E-state index contributed by atoms with van der Waals surface area (Å²) in [6.07, 6.45) is 2.69. The van der Waals surface area contributed by atoms with Gasteiger partial charge in [-0.25, -0.2) is 4.98 Å². The van der Waals surface area contributed by atoms with Crippen molar-refractivity contribution >= 4 is 11.8 Å². The van der Waals surface area contributed by atoms with Crippen LogP contribution in [0.25, 0.3) is 0 Å². The maximum atomic E-state index is 11.1. The summed E-state index contributed by atoms with van der Waals surface area (Å²) in [5.41, 5.74) is 0. The highest BCUT2D eigenvalue weighted by Crippen LogP contribution is 1.91. The van der Waals surface area contributed by atoms with Crippen LogP contribution in [0.1, 0.15) is 12.2 Å². The molecule has 90 valence electrons. The van der Waals surface area contributed by atoms with E-state index in [1.807, 2.05) is 0 Å². The van der Waals surface area contributed by atoms with Gasteiger partial charge in [0, 0.05) is 13.0 Å². The lowest BCUT2D eigenvalue weighted by Crippen LogP contribution is -2.40. The third kappa shape index (κ3) is 4.74. The zero-order valence-electron chi connectivity index (χ0n) is 9.06. The number of aromatic amines is 1. The summed E-state index contributed by atoms with van der Waals surface area (Å²) in [7, 11) is 0. The molecular formula is C9H12N6O2. The molecule has 1 rings (SSSR count). The van der Waals surface area contributed by atoms with E-state index in [4.69, 9.17) is 5.26 Å². The van der Waals surface area contributed by atoms with Crippen LogP contribution in [0.3, 0.4) is 0 Å². The highest BCUT2D eigenvalue weighted by molar-refractivity contribution is 6.35. The molecule has 1 aromatic rings. The minimum Gasteiger partial charge on any atom is -0.348 e. The molecule has 0 saturated heterocycles. The van der Waals surface area contributed by atoms with Crippen molar-refractivity contribution in [2.45, 2.75) is 12.8 Å². The molecule has 0 aliphatic rings. The molecule has 17 heavy (non-hydrogen) atoms. The number of nitriles is 1. The number of nitrogens with one attached hydrogen (secondary N) is 3. The average molecular weight is 236 g/mol. The highest BCUT2D eigenvalue weighted by atomic mass is 16.2. The summed E-state index contributed by atoms with van der Waals surface area (Å²) in [5.74, 6) is -0.808. The molecule has 1 aromatic heterocycles. The first-order valence-electron chi connectivity index (χ1n) is 5.01. The lowest BCUT2D eigenvalue weighted by atomic mass is 10.3. The van der Waals surface area contributed by atoms with E-state index >= 15 is 0 Å². The Bertz CT molecular complexity index is 408. The number of aryl methyl sites for hydroxylation is 1. The Balaban J connectivity index is 2.12. The van der Waals surface area contributed by atoms with E-state index in [0.29, 0.717) is 19.4 Å². The molecule has 8 heteroatoms. The van der Waals surface area contributed by atoms with Crippen LogP contribution < -0.4 is 10.6 Å². The lowest BCUT2D eigenvalue weighted by Gasteiger charge is -2.03. The SMILES string of the molecule is N#CCNC(=O)C(=O)NCCCc1ncn[nH]1. The number of carbonyl (C=O) groups excluding carboxylic acids is 2. The van der Waals surface area contributed by atoms with Crippen LogP contribution in [0.5, 0.6) is 0 Å². The first-order valence-corrected chi connectivity index (χ1v) is 5.01. The smallest absolute Gasteiger partial charge is 0.310 e. The van der Waals surface area contributed by atoms with Crippen molar-refractivity contribution in [1.29, 1.82) is 5.26 Å². The molecule has 8 nitrogen and oxygen atoms in total. The summed E-state index contributed by atoms with van der Waals surface area (Å²) in [6, 6.07) is 1.71. The van der Waals surface area contributed by atoms with Crippen LogP contribution in [0.4, 0.5) is 0 Å². The van der Waals surface area contributed by atoms with Crippen LogP contribution in [0.15, 0.2) is 6.33 Å². The predicted molar refractivity (Wildman–Crippen MR) is 56.3 cm³/mol. The molecule has 0 saturated carbocycles. The zero-order valence-corrected chi connectivity index (χ0v) is 9.06. The van der Waals surface area contributed by atoms with Gasteiger partial charge < -0.3 is 10.6 Å². The van der Waals surface area contributed by atoms with Gasteiger partial charge in [-0.15, -0.1) is 0 Å². The number of amides is 2. The number of aromatic nitrogens is 3. The maximum absolute atomic E-state index is 11.1. The fourth-order valence-electron chi connectivity index (χ4n) is 1.09. The third-order valence-electron chi connectivity index (χ3n) is 1.88. The topological polar surface area (TPSA) is 124 Å². The van der Waals surface area contributed by atoms with Gasteiger partial charge in [0.15, 0.2) is 0 Å². The van der Waals surface area contributed by atoms with Crippen molar-refractivity contribution in [3.05, 3.63) is 12.2 Å². The molecular weight excluding hydrogens is 224 g/mol. The minimum absolute atomic E-state index is 0.176. The van der Waals surface area contributed by atoms with Crippen molar-refractivity contribution in [1.82, 2.24) is 25.8 Å². The van der Waals surface area contributed by atoms with E-state index < -0.39 is 11.8 Å². The molecule has 0 aliphatic heterocycles. The Hall–Kier alpha value is -2.43. The number of H-pyrrole nitrogens is 1. The summed E-state index contributed by atoms with van der Waals surface area (Å²) in [6.45, 7) is 0.184. The van der Waals surface area contributed by atoms with Crippen molar-refractivity contribution in [2.24, 2.45) is 0 Å². The molecule has 0 bridgehead atoms. The monoisotopic (exact) mass is 236 g/mol. The highest BCUT2D eigenvalue weighted by Gasteiger charge is 2.11. The summed E-state index contributed by atoms with van der Waals surface area (Å²) in [5, 5.41) is 19.1. The van der Waals surface area contributed by atoms with Crippen molar-refractivity contribution < 1.29 is 9.59 Å². The van der Waals surface area contributed by atoms with Crippen LogP contribution in [0, 0.1) is 11.3 Å². The van der Waals surface area contributed by atoms with Gasteiger partial charge in [0.25, 0.3) is 0 Å². The Morgan fingerprint density at radius 3 is 2.82 bits per heavy atom. The Morgan fingerprint density at radius 2 is 2.18 bits per heavy atom. The second-order valence-electron chi connectivity index (χ2n) is 3.13. The number of nitrogens with zero attached hydrogens (tertiary/aromatic N) is 3. The Morgan fingerprint density at radius 1 is 1.41 bits per heavy atom. The van der Waals surface area contributed by atoms with Crippen molar-refractivity contribution in [2.75, 3.05) is 13.1 Å². The zero-order chi connectivity index (χ0) is 12.5. The average Bonchev–Trinajstić information content (AvgIpc) is 2.84. The van der Waals surface area contributed by atoms with Crippen LogP contribution in [0.2, 0.25) is 0 Å². The number of carbonyl (C=O) groups is 2. The van der Waals surface area contributed by atoms with Gasteiger partial charge in [0.1, 0.15) is 18.7 Å². The molecule has 0 fully saturated rings. The molecule has 0 spiro atoms. The van der Waals surface area contributed by atoms with Crippen LogP contribution in [-0.4, -0.2) is 40.1 Å². The van der Waals surface area contributed by atoms with E-state index in [1.165, 1.54) is 6.33 Å². The van der Waals surface area contributed by atoms with Crippen LogP contribution >= 0.6 is 0 Å². The maximum Gasteiger partial charge on any atom is 0.310 e. The number of hydrogen-bond acceptors (Lipinski definition) is 5.